The second kappa shape index (κ2) is 13.3. The van der Waals surface area contributed by atoms with Crippen LogP contribution in [-0.4, -0.2) is 109 Å². The molecule has 4 rings (SSSR count). The van der Waals surface area contributed by atoms with Crippen LogP contribution in [0.3, 0.4) is 0 Å². The van der Waals surface area contributed by atoms with E-state index in [1.54, 1.807) is 0 Å². The minimum Gasteiger partial charge on any atom is -0.394 e. The van der Waals surface area contributed by atoms with Crippen molar-refractivity contribution >= 4 is 27.3 Å². The summed E-state index contributed by atoms with van der Waals surface area (Å²) in [6.07, 6.45) is -8.72. The third kappa shape index (κ3) is 8.46. The SMILES string of the molecule is Nc1ccn(C2OC(CO)C(OP(=O)(O)O)C2O)c(=O)n1.Nc1ccn(C2OC(COP(=O)(O)O)C(O)C2O)c(=O)n1. The van der Waals surface area contributed by atoms with Crippen molar-refractivity contribution < 1.29 is 67.7 Å². The summed E-state index contributed by atoms with van der Waals surface area (Å²) in [5.74, 6) is -0.0591. The van der Waals surface area contributed by atoms with Gasteiger partial charge in [-0.25, -0.2) is 18.7 Å². The lowest BCUT2D eigenvalue weighted by atomic mass is 10.1. The number of hydrogen-bond acceptors (Lipinski definition) is 16. The van der Waals surface area contributed by atoms with Crippen LogP contribution < -0.4 is 22.8 Å². The number of rotatable bonds is 8. The van der Waals surface area contributed by atoms with Gasteiger partial charge in [0.25, 0.3) is 0 Å². The van der Waals surface area contributed by atoms with Crippen LogP contribution in [0.1, 0.15) is 12.5 Å². The Morgan fingerprint density at radius 3 is 1.71 bits per heavy atom. The van der Waals surface area contributed by atoms with Crippen molar-refractivity contribution in [2.45, 2.75) is 49.1 Å². The van der Waals surface area contributed by atoms with Gasteiger partial charge in [0, 0.05) is 12.4 Å². The third-order valence-corrected chi connectivity index (χ3v) is 6.75. The van der Waals surface area contributed by atoms with Gasteiger partial charge >= 0.3 is 27.0 Å². The van der Waals surface area contributed by atoms with Crippen LogP contribution >= 0.6 is 15.6 Å². The molecule has 8 atom stereocenters. The fourth-order valence-corrected chi connectivity index (χ4v) is 4.81. The van der Waals surface area contributed by atoms with E-state index in [4.69, 9.17) is 45.6 Å². The number of ether oxygens (including phenoxy) is 2. The highest BCUT2D eigenvalue weighted by molar-refractivity contribution is 7.46. The fourth-order valence-electron chi connectivity index (χ4n) is 3.89. The van der Waals surface area contributed by atoms with Gasteiger partial charge in [-0.15, -0.1) is 0 Å². The zero-order valence-electron chi connectivity index (χ0n) is 21.0. The molecule has 0 aromatic carbocycles. The molecule has 2 aliphatic rings. The number of aliphatic hydroxyl groups is 4. The van der Waals surface area contributed by atoms with E-state index in [1.165, 1.54) is 24.5 Å². The second-order valence-corrected chi connectivity index (χ2v) is 11.1. The van der Waals surface area contributed by atoms with E-state index in [-0.39, 0.29) is 11.6 Å². The Kier molecular flexibility index (Phi) is 10.7. The Hall–Kier alpha value is -2.66. The molecule has 12 N–H and O–H groups in total. The maximum absolute atomic E-state index is 11.7. The Bertz CT molecular complexity index is 1450. The molecular weight excluding hydrogens is 618 g/mol. The van der Waals surface area contributed by atoms with Crippen molar-refractivity contribution in [1.82, 2.24) is 19.1 Å². The maximum atomic E-state index is 11.7. The number of nitrogen functional groups attached to an aromatic ring is 2. The summed E-state index contributed by atoms with van der Waals surface area (Å²) in [7, 11) is -9.66. The summed E-state index contributed by atoms with van der Waals surface area (Å²) in [5, 5.41) is 38.8. The summed E-state index contributed by atoms with van der Waals surface area (Å²) in [4.78, 5) is 65.0. The van der Waals surface area contributed by atoms with Gasteiger partial charge < -0.3 is 60.9 Å². The monoisotopic (exact) mass is 646 g/mol. The van der Waals surface area contributed by atoms with Gasteiger partial charge in [0.15, 0.2) is 12.5 Å². The van der Waals surface area contributed by atoms with E-state index in [1.807, 2.05) is 0 Å². The Morgan fingerprint density at radius 2 is 1.29 bits per heavy atom. The van der Waals surface area contributed by atoms with E-state index in [2.05, 4.69) is 19.0 Å². The number of nitrogens with two attached hydrogens (primary N) is 2. The first-order chi connectivity index (χ1) is 19.4. The quantitative estimate of drug-likeness (QED) is 0.120. The van der Waals surface area contributed by atoms with Crippen LogP contribution in [0.2, 0.25) is 0 Å². The summed E-state index contributed by atoms with van der Waals surface area (Å²) < 4.78 is 42.3. The van der Waals surface area contributed by atoms with Gasteiger partial charge in [-0.1, -0.05) is 0 Å². The molecular formula is C18H28N6O16P2. The molecule has 236 valence electrons. The van der Waals surface area contributed by atoms with Crippen LogP contribution in [-0.2, 0) is 27.7 Å². The molecule has 22 nitrogen and oxygen atoms in total. The zero-order chi connectivity index (χ0) is 31.6. The standard InChI is InChI=1S/2C9H14N3O8P/c10-5-1-2-12(9(15)11-5)8-6(14)7(4(3-13)19-8)20-21(16,17)18;10-5-1-2-12(9(15)11-5)8-7(14)6(13)4(20-8)3-19-21(16,17)18/h2*1-2,4,6-8,13-14H,3H2,(H2,10,11,15)(H2,16,17,18). The molecule has 0 radical (unpaired) electrons. The van der Waals surface area contributed by atoms with E-state index < -0.39 is 89.3 Å². The Balaban J connectivity index is 0.000000230. The average Bonchev–Trinajstić information content (AvgIpc) is 3.32. The molecule has 2 aliphatic heterocycles. The number of phosphoric ester groups is 2. The van der Waals surface area contributed by atoms with Gasteiger partial charge in [-0.2, -0.15) is 9.97 Å². The Morgan fingerprint density at radius 1 is 0.810 bits per heavy atom. The Labute approximate surface area is 233 Å². The number of aromatic nitrogens is 4. The molecule has 4 heterocycles. The van der Waals surface area contributed by atoms with E-state index in [0.29, 0.717) is 0 Å². The summed E-state index contributed by atoms with van der Waals surface area (Å²) in [6.45, 7) is -1.33. The average molecular weight is 646 g/mol. The predicted octanol–water partition coefficient (Wildman–Crippen LogP) is -4.89. The molecule has 0 bridgehead atoms. The highest BCUT2D eigenvalue weighted by Crippen LogP contribution is 2.43. The van der Waals surface area contributed by atoms with Crippen molar-refractivity contribution in [3.8, 4) is 0 Å². The summed E-state index contributed by atoms with van der Waals surface area (Å²) in [5.41, 5.74) is 9.03. The van der Waals surface area contributed by atoms with Gasteiger partial charge in [0.05, 0.1) is 13.2 Å². The van der Waals surface area contributed by atoms with Crippen molar-refractivity contribution in [3.05, 3.63) is 45.5 Å². The molecule has 2 fully saturated rings. The van der Waals surface area contributed by atoms with Crippen LogP contribution in [0.5, 0.6) is 0 Å². The normalized spacial score (nSPS) is 29.7. The number of hydrogen-bond donors (Lipinski definition) is 10. The molecule has 2 saturated heterocycles. The molecule has 0 amide bonds. The molecule has 2 aromatic rings. The fraction of sp³-hybridized carbons (Fsp3) is 0.556. The molecule has 0 spiro atoms. The van der Waals surface area contributed by atoms with Crippen molar-refractivity contribution in [3.63, 3.8) is 0 Å². The van der Waals surface area contributed by atoms with Crippen LogP contribution in [0.15, 0.2) is 34.1 Å². The molecule has 0 saturated carbocycles. The van der Waals surface area contributed by atoms with Crippen LogP contribution in [0, 0.1) is 0 Å². The first-order valence-corrected chi connectivity index (χ1v) is 14.6. The number of anilines is 2. The minimum absolute atomic E-state index is 0.0225. The van der Waals surface area contributed by atoms with Gasteiger partial charge in [-0.05, 0) is 12.1 Å². The van der Waals surface area contributed by atoms with E-state index in [0.717, 1.165) is 9.13 Å². The lowest BCUT2D eigenvalue weighted by Gasteiger charge is -2.20. The molecule has 42 heavy (non-hydrogen) atoms. The summed E-state index contributed by atoms with van der Waals surface area (Å²) in [6, 6.07) is 2.58. The van der Waals surface area contributed by atoms with Gasteiger partial charge in [-0.3, -0.25) is 18.2 Å². The van der Waals surface area contributed by atoms with E-state index >= 15 is 0 Å². The number of phosphoric acid groups is 2. The van der Waals surface area contributed by atoms with Crippen molar-refractivity contribution in [2.75, 3.05) is 24.7 Å². The lowest BCUT2D eigenvalue weighted by molar-refractivity contribution is -0.0548. The zero-order valence-corrected chi connectivity index (χ0v) is 22.8. The third-order valence-electron chi connectivity index (χ3n) is 5.74. The van der Waals surface area contributed by atoms with Gasteiger partial charge in [0.1, 0.15) is 48.3 Å². The first-order valence-electron chi connectivity index (χ1n) is 11.5. The lowest BCUT2D eigenvalue weighted by Crippen LogP contribution is -2.37. The highest BCUT2D eigenvalue weighted by Gasteiger charge is 2.48. The maximum Gasteiger partial charge on any atom is 0.470 e. The number of aliphatic hydroxyl groups excluding tert-OH is 4. The molecule has 0 aliphatic carbocycles. The topological polar surface area (TPSA) is 355 Å². The molecule has 8 unspecified atom stereocenters. The second-order valence-electron chi connectivity index (χ2n) is 8.72. The van der Waals surface area contributed by atoms with Crippen molar-refractivity contribution in [2.24, 2.45) is 0 Å². The smallest absolute Gasteiger partial charge is 0.394 e. The summed E-state index contributed by atoms with van der Waals surface area (Å²) >= 11 is 0. The molecule has 24 heteroatoms. The number of nitrogens with zero attached hydrogens (tertiary/aromatic N) is 4. The van der Waals surface area contributed by atoms with Gasteiger partial charge in [0.2, 0.25) is 0 Å². The largest absolute Gasteiger partial charge is 0.470 e. The minimum atomic E-state index is -4.91. The van der Waals surface area contributed by atoms with E-state index in [9.17, 15) is 34.0 Å². The highest BCUT2D eigenvalue weighted by atomic mass is 31.2. The predicted molar refractivity (Wildman–Crippen MR) is 134 cm³/mol. The van der Waals surface area contributed by atoms with Crippen LogP contribution in [0.4, 0.5) is 11.6 Å². The first kappa shape index (κ1) is 33.8. The molecule has 2 aromatic heterocycles. The van der Waals surface area contributed by atoms with Crippen molar-refractivity contribution in [1.29, 1.82) is 0 Å². The van der Waals surface area contributed by atoms with Crippen LogP contribution in [0.25, 0.3) is 0 Å².